The number of carbonyl (C=O) groups is 3. The Balaban J connectivity index is 1.95. The summed E-state index contributed by atoms with van der Waals surface area (Å²) in [6.07, 6.45) is 1.76. The Labute approximate surface area is 117 Å². The molecule has 1 saturated carbocycles. The first-order valence-corrected chi connectivity index (χ1v) is 7.16. The predicted octanol–water partition coefficient (Wildman–Crippen LogP) is 0.651. The van der Waals surface area contributed by atoms with Crippen molar-refractivity contribution in [3.8, 4) is 0 Å². The van der Waals surface area contributed by atoms with Crippen molar-refractivity contribution in [1.29, 1.82) is 0 Å². The summed E-state index contributed by atoms with van der Waals surface area (Å²) in [5, 5.41) is 9.60. The van der Waals surface area contributed by atoms with Gasteiger partial charge in [0.15, 0.2) is 5.54 Å². The van der Waals surface area contributed by atoms with Crippen molar-refractivity contribution in [3.05, 3.63) is 0 Å². The topological polar surface area (TPSA) is 83.9 Å². The Morgan fingerprint density at radius 2 is 1.70 bits per heavy atom. The average Bonchev–Trinajstić information content (AvgIpc) is 2.90. The van der Waals surface area contributed by atoms with E-state index >= 15 is 0 Å². The molecule has 0 aromatic carbocycles. The molecule has 0 spiro atoms. The minimum Gasteiger partial charge on any atom is -0.479 e. The number of ether oxygens (including phenoxy) is 1. The zero-order chi connectivity index (χ0) is 14.5. The van der Waals surface area contributed by atoms with Gasteiger partial charge in [0, 0.05) is 26.1 Å². The van der Waals surface area contributed by atoms with E-state index in [0.717, 1.165) is 4.90 Å². The van der Waals surface area contributed by atoms with E-state index in [4.69, 9.17) is 4.74 Å². The minimum atomic E-state index is -1.39. The first kappa shape index (κ1) is 13.5. The van der Waals surface area contributed by atoms with Gasteiger partial charge < -0.3 is 9.84 Å². The highest BCUT2D eigenvalue weighted by molar-refractivity contribution is 6.09. The zero-order valence-electron chi connectivity index (χ0n) is 11.5. The normalized spacial score (nSPS) is 36.2. The molecule has 1 N–H and O–H groups in total. The second kappa shape index (κ2) is 4.55. The highest BCUT2D eigenvalue weighted by Crippen LogP contribution is 2.46. The highest BCUT2D eigenvalue weighted by atomic mass is 16.5. The lowest BCUT2D eigenvalue weighted by Crippen LogP contribution is -2.60. The van der Waals surface area contributed by atoms with Crippen LogP contribution in [0.5, 0.6) is 0 Å². The molecule has 2 amide bonds. The molecule has 2 heterocycles. The maximum atomic E-state index is 12.6. The number of rotatable bonds is 2. The van der Waals surface area contributed by atoms with Gasteiger partial charge in [-0.15, -0.1) is 0 Å². The molecule has 110 valence electrons. The molecule has 3 fully saturated rings. The first-order valence-electron chi connectivity index (χ1n) is 7.16. The summed E-state index contributed by atoms with van der Waals surface area (Å²) in [5.41, 5.74) is -1.39. The van der Waals surface area contributed by atoms with E-state index in [1.54, 1.807) is 0 Å². The van der Waals surface area contributed by atoms with Gasteiger partial charge in [-0.05, 0) is 18.8 Å². The van der Waals surface area contributed by atoms with Crippen molar-refractivity contribution in [2.24, 2.45) is 17.8 Å². The van der Waals surface area contributed by atoms with E-state index in [1.807, 2.05) is 6.92 Å². The minimum absolute atomic E-state index is 0.189. The van der Waals surface area contributed by atoms with Crippen LogP contribution in [0.25, 0.3) is 0 Å². The van der Waals surface area contributed by atoms with Crippen molar-refractivity contribution >= 4 is 17.8 Å². The van der Waals surface area contributed by atoms with E-state index in [0.29, 0.717) is 18.8 Å². The van der Waals surface area contributed by atoms with Gasteiger partial charge in [-0.25, -0.2) is 4.79 Å². The number of carboxylic acids is 1. The van der Waals surface area contributed by atoms with Gasteiger partial charge in [0.1, 0.15) is 0 Å². The quantitative estimate of drug-likeness (QED) is 0.751. The van der Waals surface area contributed by atoms with Crippen LogP contribution in [0.15, 0.2) is 0 Å². The van der Waals surface area contributed by atoms with Crippen LogP contribution in [-0.4, -0.2) is 46.5 Å². The SMILES string of the molecule is CC1CC2C(=O)N(C3(C(=O)O)CCOCC3)C(=O)C2C1. The lowest BCUT2D eigenvalue weighted by atomic mass is 9.87. The fourth-order valence-corrected chi connectivity index (χ4v) is 3.94. The molecule has 0 aromatic rings. The summed E-state index contributed by atoms with van der Waals surface area (Å²) < 4.78 is 5.20. The fraction of sp³-hybridized carbons (Fsp3) is 0.786. The zero-order valence-corrected chi connectivity index (χ0v) is 11.5. The van der Waals surface area contributed by atoms with E-state index in [9.17, 15) is 19.5 Å². The third-order valence-corrected chi connectivity index (χ3v) is 5.02. The van der Waals surface area contributed by atoms with Gasteiger partial charge >= 0.3 is 5.97 Å². The van der Waals surface area contributed by atoms with Gasteiger partial charge in [-0.2, -0.15) is 0 Å². The number of likely N-dealkylation sites (tertiary alicyclic amines) is 1. The van der Waals surface area contributed by atoms with E-state index in [2.05, 4.69) is 0 Å². The van der Waals surface area contributed by atoms with Gasteiger partial charge in [-0.3, -0.25) is 14.5 Å². The molecule has 20 heavy (non-hydrogen) atoms. The van der Waals surface area contributed by atoms with Crippen molar-refractivity contribution in [1.82, 2.24) is 4.90 Å². The summed E-state index contributed by atoms with van der Waals surface area (Å²) >= 11 is 0. The summed E-state index contributed by atoms with van der Waals surface area (Å²) in [5.74, 6) is -1.92. The molecule has 3 rings (SSSR count). The lowest BCUT2D eigenvalue weighted by Gasteiger charge is -2.40. The number of aliphatic carboxylic acids is 1. The molecule has 2 unspecified atom stereocenters. The number of amides is 2. The molecule has 6 nitrogen and oxygen atoms in total. The van der Waals surface area contributed by atoms with Crippen LogP contribution < -0.4 is 0 Å². The number of hydrogen-bond donors (Lipinski definition) is 1. The summed E-state index contributed by atoms with van der Waals surface area (Å²) in [6.45, 7) is 2.58. The Morgan fingerprint density at radius 3 is 2.15 bits per heavy atom. The molecule has 2 aliphatic heterocycles. The number of imide groups is 1. The lowest BCUT2D eigenvalue weighted by molar-refractivity contribution is -0.170. The summed E-state index contributed by atoms with van der Waals surface area (Å²) in [4.78, 5) is 37.9. The monoisotopic (exact) mass is 281 g/mol. The average molecular weight is 281 g/mol. The van der Waals surface area contributed by atoms with Crippen LogP contribution in [0, 0.1) is 17.8 Å². The van der Waals surface area contributed by atoms with Crippen LogP contribution in [0.1, 0.15) is 32.6 Å². The summed E-state index contributed by atoms with van der Waals surface area (Å²) in [6, 6.07) is 0. The molecule has 6 heteroatoms. The molecule has 3 aliphatic rings. The van der Waals surface area contributed by atoms with E-state index < -0.39 is 11.5 Å². The molecule has 1 aliphatic carbocycles. The van der Waals surface area contributed by atoms with Crippen LogP contribution in [0.4, 0.5) is 0 Å². The first-order chi connectivity index (χ1) is 9.47. The molecular weight excluding hydrogens is 262 g/mol. The number of fused-ring (bicyclic) bond motifs is 1. The van der Waals surface area contributed by atoms with E-state index in [-0.39, 0.29) is 49.7 Å². The number of carbonyl (C=O) groups excluding carboxylic acids is 2. The molecular formula is C14H19NO5. The Kier molecular flexibility index (Phi) is 3.08. The Morgan fingerprint density at radius 1 is 1.20 bits per heavy atom. The summed E-state index contributed by atoms with van der Waals surface area (Å²) in [7, 11) is 0. The Hall–Kier alpha value is -1.43. The Bertz CT molecular complexity index is 444. The van der Waals surface area contributed by atoms with Crippen LogP contribution in [-0.2, 0) is 19.1 Å². The molecule has 0 aromatic heterocycles. The second-order valence-corrected chi connectivity index (χ2v) is 6.25. The van der Waals surface area contributed by atoms with Gasteiger partial charge in [-0.1, -0.05) is 6.92 Å². The standard InChI is InChI=1S/C14H19NO5/c1-8-6-9-10(7-8)12(17)15(11(9)16)14(13(18)19)2-4-20-5-3-14/h8-10H,2-7H2,1H3,(H,18,19). The number of nitrogens with zero attached hydrogens (tertiary/aromatic N) is 1. The number of hydrogen-bond acceptors (Lipinski definition) is 4. The van der Waals surface area contributed by atoms with Crippen molar-refractivity contribution in [3.63, 3.8) is 0 Å². The second-order valence-electron chi connectivity index (χ2n) is 6.25. The van der Waals surface area contributed by atoms with Gasteiger partial charge in [0.05, 0.1) is 11.8 Å². The van der Waals surface area contributed by atoms with Crippen LogP contribution in [0.3, 0.4) is 0 Å². The molecule has 0 bridgehead atoms. The maximum absolute atomic E-state index is 12.6. The third-order valence-electron chi connectivity index (χ3n) is 5.02. The van der Waals surface area contributed by atoms with Crippen molar-refractivity contribution in [2.45, 2.75) is 38.1 Å². The van der Waals surface area contributed by atoms with E-state index in [1.165, 1.54) is 0 Å². The fourth-order valence-electron chi connectivity index (χ4n) is 3.94. The van der Waals surface area contributed by atoms with Crippen molar-refractivity contribution in [2.75, 3.05) is 13.2 Å². The molecule has 0 radical (unpaired) electrons. The van der Waals surface area contributed by atoms with Crippen LogP contribution in [0.2, 0.25) is 0 Å². The largest absolute Gasteiger partial charge is 0.479 e. The smallest absolute Gasteiger partial charge is 0.330 e. The third kappa shape index (κ3) is 1.70. The van der Waals surface area contributed by atoms with Gasteiger partial charge in [0.25, 0.3) is 0 Å². The predicted molar refractivity (Wildman–Crippen MR) is 67.7 cm³/mol. The number of carboxylic acid groups (broad SMARTS) is 1. The van der Waals surface area contributed by atoms with Gasteiger partial charge in [0.2, 0.25) is 11.8 Å². The maximum Gasteiger partial charge on any atom is 0.330 e. The highest BCUT2D eigenvalue weighted by Gasteiger charge is 2.60. The van der Waals surface area contributed by atoms with Crippen molar-refractivity contribution < 1.29 is 24.2 Å². The molecule has 2 saturated heterocycles. The van der Waals surface area contributed by atoms with Crippen LogP contribution >= 0.6 is 0 Å². The molecule has 2 atom stereocenters.